The number of halogens is 3. The molecule has 0 aliphatic carbocycles. The summed E-state index contributed by atoms with van der Waals surface area (Å²) in [5.74, 6) is -0.641. The van der Waals surface area contributed by atoms with Crippen molar-refractivity contribution in [1.29, 1.82) is 0 Å². The number of aromatic nitrogens is 1. The van der Waals surface area contributed by atoms with Gasteiger partial charge in [-0.2, -0.15) is 13.2 Å². The summed E-state index contributed by atoms with van der Waals surface area (Å²) in [6.07, 6.45) is -4.51. The van der Waals surface area contributed by atoms with Gasteiger partial charge < -0.3 is 15.2 Å². The van der Waals surface area contributed by atoms with Crippen LogP contribution in [0, 0.1) is 6.92 Å². The molecule has 1 heterocycles. The van der Waals surface area contributed by atoms with Crippen molar-refractivity contribution in [1.82, 2.24) is 5.16 Å². The number of rotatable bonds is 5. The second-order valence-electron chi connectivity index (χ2n) is 7.23. The van der Waals surface area contributed by atoms with E-state index in [1.165, 1.54) is 24.3 Å². The van der Waals surface area contributed by atoms with Crippen LogP contribution >= 0.6 is 0 Å². The lowest BCUT2D eigenvalue weighted by molar-refractivity contribution is -0.137. The second kappa shape index (κ2) is 8.63. The molecule has 2 amide bonds. The number of hydrogen-bond acceptors (Lipinski definition) is 4. The van der Waals surface area contributed by atoms with Gasteiger partial charge >= 0.3 is 6.18 Å². The Labute approximate surface area is 176 Å². The first-order valence-electron chi connectivity index (χ1n) is 9.42. The van der Waals surface area contributed by atoms with E-state index in [-0.39, 0.29) is 17.2 Å². The summed E-state index contributed by atoms with van der Waals surface area (Å²) >= 11 is 0. The highest BCUT2D eigenvalue weighted by Crippen LogP contribution is 2.31. The number of benzene rings is 2. The van der Waals surface area contributed by atoms with Gasteiger partial charge in [-0.05, 0) is 43.3 Å². The van der Waals surface area contributed by atoms with E-state index >= 15 is 0 Å². The third-order valence-electron chi connectivity index (χ3n) is 4.47. The zero-order valence-electron chi connectivity index (χ0n) is 17.0. The first-order chi connectivity index (χ1) is 14.6. The summed E-state index contributed by atoms with van der Waals surface area (Å²) in [7, 11) is 0. The summed E-state index contributed by atoms with van der Waals surface area (Å²) in [5, 5.41) is 8.97. The number of alkyl halides is 3. The van der Waals surface area contributed by atoms with Crippen LogP contribution in [0.1, 0.15) is 57.5 Å². The summed E-state index contributed by atoms with van der Waals surface area (Å²) in [6.45, 7) is 5.40. The molecular formula is C22H20F3N3O3. The molecule has 0 spiro atoms. The maximum Gasteiger partial charge on any atom is 0.416 e. The van der Waals surface area contributed by atoms with Crippen LogP contribution in [0.25, 0.3) is 0 Å². The molecule has 3 aromatic rings. The minimum atomic E-state index is -4.51. The Morgan fingerprint density at radius 3 is 2.23 bits per heavy atom. The zero-order chi connectivity index (χ0) is 22.8. The maximum absolute atomic E-state index is 12.9. The molecule has 0 saturated heterocycles. The molecule has 6 nitrogen and oxygen atoms in total. The van der Waals surface area contributed by atoms with Crippen molar-refractivity contribution in [2.75, 3.05) is 10.6 Å². The summed E-state index contributed by atoms with van der Waals surface area (Å²) in [5.41, 5.74) is 0.430. The van der Waals surface area contributed by atoms with Gasteiger partial charge in [0.05, 0.1) is 11.3 Å². The Morgan fingerprint density at radius 2 is 1.58 bits per heavy atom. The van der Waals surface area contributed by atoms with Crippen molar-refractivity contribution in [3.05, 3.63) is 76.7 Å². The van der Waals surface area contributed by atoms with Crippen LogP contribution in [0.3, 0.4) is 0 Å². The first kappa shape index (κ1) is 22.1. The Balaban J connectivity index is 1.77. The lowest BCUT2D eigenvalue weighted by atomic mass is 10.0. The number of aryl methyl sites for hydroxylation is 1. The molecule has 0 aliphatic heterocycles. The minimum absolute atomic E-state index is 0.0101. The highest BCUT2D eigenvalue weighted by atomic mass is 19.4. The summed E-state index contributed by atoms with van der Waals surface area (Å²) < 4.78 is 43.8. The molecule has 162 valence electrons. The molecule has 2 N–H and O–H groups in total. The molecule has 3 rings (SSSR count). The first-order valence-corrected chi connectivity index (χ1v) is 9.42. The van der Waals surface area contributed by atoms with Crippen molar-refractivity contribution < 1.29 is 27.3 Å². The number of hydrogen-bond donors (Lipinski definition) is 2. The number of amides is 2. The highest BCUT2D eigenvalue weighted by molar-refractivity contribution is 6.08. The number of nitrogens with one attached hydrogen (secondary N) is 2. The average Bonchev–Trinajstić information content (AvgIpc) is 3.09. The highest BCUT2D eigenvalue weighted by Gasteiger charge is 2.30. The largest absolute Gasteiger partial charge is 0.416 e. The van der Waals surface area contributed by atoms with Gasteiger partial charge in [0.1, 0.15) is 5.56 Å². The quantitative estimate of drug-likeness (QED) is 0.548. The van der Waals surface area contributed by atoms with Crippen LogP contribution < -0.4 is 10.6 Å². The number of anilines is 2. The predicted octanol–water partition coefficient (Wildman–Crippen LogP) is 5.63. The van der Waals surface area contributed by atoms with Crippen molar-refractivity contribution in [3.8, 4) is 0 Å². The number of carbonyl (C=O) groups excluding carboxylic acids is 2. The van der Waals surface area contributed by atoms with E-state index in [9.17, 15) is 22.8 Å². The molecule has 31 heavy (non-hydrogen) atoms. The van der Waals surface area contributed by atoms with Crippen molar-refractivity contribution in [2.24, 2.45) is 0 Å². The Morgan fingerprint density at radius 1 is 0.968 bits per heavy atom. The Hall–Kier alpha value is -3.62. The van der Waals surface area contributed by atoms with Crippen molar-refractivity contribution in [2.45, 2.75) is 32.9 Å². The van der Waals surface area contributed by atoms with Crippen LogP contribution in [0.15, 0.2) is 53.1 Å². The fourth-order valence-corrected chi connectivity index (χ4v) is 2.97. The molecule has 0 bridgehead atoms. The van der Waals surface area contributed by atoms with Crippen LogP contribution in [0.2, 0.25) is 0 Å². The molecule has 0 saturated carbocycles. The van der Waals surface area contributed by atoms with Gasteiger partial charge in [-0.25, -0.2) is 0 Å². The van der Waals surface area contributed by atoms with E-state index in [0.29, 0.717) is 22.7 Å². The molecule has 0 aliphatic rings. The van der Waals surface area contributed by atoms with E-state index in [4.69, 9.17) is 4.52 Å². The molecule has 0 unspecified atom stereocenters. The SMILES string of the molecule is Cc1noc(C(C)C)c1C(=O)Nc1cccc(C(=O)Nc2cccc(C(F)(F)F)c2)c1. The molecule has 0 atom stereocenters. The van der Waals surface area contributed by atoms with E-state index in [1.807, 2.05) is 13.8 Å². The molecular weight excluding hydrogens is 411 g/mol. The van der Waals surface area contributed by atoms with Gasteiger partial charge in [-0.15, -0.1) is 0 Å². The molecule has 0 radical (unpaired) electrons. The Bertz CT molecular complexity index is 1120. The monoisotopic (exact) mass is 431 g/mol. The van der Waals surface area contributed by atoms with Gasteiger partial charge in [0.25, 0.3) is 11.8 Å². The standard InChI is InChI=1S/C22H20F3N3O3/c1-12(2)19-18(13(3)28-31-19)21(30)27-16-8-4-6-14(10-16)20(29)26-17-9-5-7-15(11-17)22(23,24)25/h4-12H,1-3H3,(H,26,29)(H,27,30). The minimum Gasteiger partial charge on any atom is -0.360 e. The predicted molar refractivity (Wildman–Crippen MR) is 109 cm³/mol. The topological polar surface area (TPSA) is 84.2 Å². The smallest absolute Gasteiger partial charge is 0.360 e. The van der Waals surface area contributed by atoms with Gasteiger partial charge in [0.2, 0.25) is 0 Å². The lowest BCUT2D eigenvalue weighted by Gasteiger charge is -2.11. The maximum atomic E-state index is 12.9. The molecule has 9 heteroatoms. The van der Waals surface area contributed by atoms with E-state index in [2.05, 4.69) is 15.8 Å². The third kappa shape index (κ3) is 5.11. The fourth-order valence-electron chi connectivity index (χ4n) is 2.97. The second-order valence-corrected chi connectivity index (χ2v) is 7.23. The molecule has 1 aromatic heterocycles. The van der Waals surface area contributed by atoms with Crippen LogP contribution in [-0.2, 0) is 6.18 Å². The van der Waals surface area contributed by atoms with Crippen LogP contribution in [0.4, 0.5) is 24.5 Å². The average molecular weight is 431 g/mol. The van der Waals surface area contributed by atoms with E-state index in [0.717, 1.165) is 12.1 Å². The van der Waals surface area contributed by atoms with Gasteiger partial charge in [-0.3, -0.25) is 9.59 Å². The van der Waals surface area contributed by atoms with Gasteiger partial charge in [0, 0.05) is 22.9 Å². The third-order valence-corrected chi connectivity index (χ3v) is 4.47. The van der Waals surface area contributed by atoms with E-state index < -0.39 is 23.6 Å². The molecule has 2 aromatic carbocycles. The van der Waals surface area contributed by atoms with Crippen molar-refractivity contribution in [3.63, 3.8) is 0 Å². The van der Waals surface area contributed by atoms with Crippen molar-refractivity contribution >= 4 is 23.2 Å². The summed E-state index contributed by atoms with van der Waals surface area (Å²) in [6, 6.07) is 10.4. The van der Waals surface area contributed by atoms with Crippen LogP contribution in [-0.4, -0.2) is 17.0 Å². The fraction of sp³-hybridized carbons (Fsp3) is 0.227. The Kier molecular flexibility index (Phi) is 6.14. The summed E-state index contributed by atoms with van der Waals surface area (Å²) in [4.78, 5) is 25.2. The normalized spacial score (nSPS) is 11.5. The van der Waals surface area contributed by atoms with Crippen LogP contribution in [0.5, 0.6) is 0 Å². The van der Waals surface area contributed by atoms with E-state index in [1.54, 1.807) is 19.1 Å². The number of carbonyl (C=O) groups is 2. The molecule has 0 fully saturated rings. The van der Waals surface area contributed by atoms with Gasteiger partial charge in [-0.1, -0.05) is 31.1 Å². The van der Waals surface area contributed by atoms with Gasteiger partial charge in [0.15, 0.2) is 5.76 Å². The zero-order valence-corrected chi connectivity index (χ0v) is 17.0. The number of nitrogens with zero attached hydrogens (tertiary/aromatic N) is 1. The lowest BCUT2D eigenvalue weighted by Crippen LogP contribution is -2.16.